The van der Waals surface area contributed by atoms with Gasteiger partial charge in [-0.2, -0.15) is 0 Å². The Bertz CT molecular complexity index is 187. The molecule has 0 aliphatic heterocycles. The van der Waals surface area contributed by atoms with E-state index in [1.165, 1.54) is 6.42 Å². The monoisotopic (exact) mass is 203 g/mol. The predicted octanol–water partition coefficient (Wildman–Crippen LogP) is 2.31. The van der Waals surface area contributed by atoms with Crippen molar-refractivity contribution < 1.29 is 4.79 Å². The molecule has 0 heterocycles. The molecule has 2 nitrogen and oxygen atoms in total. The van der Waals surface area contributed by atoms with Crippen molar-refractivity contribution in [2.75, 3.05) is 5.88 Å². The Kier molecular flexibility index (Phi) is 3.60. The summed E-state index contributed by atoms with van der Waals surface area (Å²) in [4.78, 5) is 11.6. The van der Waals surface area contributed by atoms with Crippen LogP contribution in [-0.4, -0.2) is 17.3 Å². The molecule has 1 amide bonds. The fourth-order valence-electron chi connectivity index (χ4n) is 1.40. The van der Waals surface area contributed by atoms with Crippen molar-refractivity contribution in [2.24, 2.45) is 5.92 Å². The van der Waals surface area contributed by atoms with Gasteiger partial charge < -0.3 is 5.32 Å². The maximum Gasteiger partial charge on any atom is 0.223 e. The van der Waals surface area contributed by atoms with Crippen LogP contribution >= 0.6 is 11.6 Å². The Labute approximate surface area is 85.0 Å². The molecule has 0 atom stereocenters. The summed E-state index contributed by atoms with van der Waals surface area (Å²) >= 11 is 5.65. The lowest BCUT2D eigenvalue weighted by Gasteiger charge is -2.31. The molecule has 3 heteroatoms. The van der Waals surface area contributed by atoms with Gasteiger partial charge in [-0.05, 0) is 33.1 Å². The summed E-state index contributed by atoms with van der Waals surface area (Å²) in [5.41, 5.74) is -0.144. The molecule has 13 heavy (non-hydrogen) atoms. The Balaban J connectivity index is 2.32. The van der Waals surface area contributed by atoms with Gasteiger partial charge in [0.15, 0.2) is 0 Å². The van der Waals surface area contributed by atoms with E-state index in [1.54, 1.807) is 0 Å². The average molecular weight is 204 g/mol. The number of rotatable bonds is 4. The molecule has 0 unspecified atom stereocenters. The number of hydrogen-bond donors (Lipinski definition) is 1. The van der Waals surface area contributed by atoms with Gasteiger partial charge in [0.25, 0.3) is 0 Å². The minimum absolute atomic E-state index is 0.144. The third-order valence-electron chi connectivity index (χ3n) is 2.66. The fourth-order valence-corrected chi connectivity index (χ4v) is 1.88. The number of amides is 1. The van der Waals surface area contributed by atoms with Crippen molar-refractivity contribution in [3.63, 3.8) is 0 Å². The smallest absolute Gasteiger partial charge is 0.223 e. The van der Waals surface area contributed by atoms with Crippen LogP contribution in [-0.2, 0) is 4.79 Å². The molecular formula is C10H18ClNO. The molecule has 1 rings (SSSR count). The van der Waals surface area contributed by atoms with E-state index in [1.807, 2.05) is 13.8 Å². The Morgan fingerprint density at radius 2 is 2.15 bits per heavy atom. The molecule has 76 valence electrons. The highest BCUT2D eigenvalue weighted by Crippen LogP contribution is 2.27. The second-order valence-electron chi connectivity index (χ2n) is 4.44. The number of halogens is 1. The van der Waals surface area contributed by atoms with E-state index in [2.05, 4.69) is 5.32 Å². The molecular weight excluding hydrogens is 186 g/mol. The van der Waals surface area contributed by atoms with Gasteiger partial charge in [-0.1, -0.05) is 6.42 Å². The molecule has 1 aliphatic rings. The van der Waals surface area contributed by atoms with Gasteiger partial charge in [0.05, 0.1) is 0 Å². The van der Waals surface area contributed by atoms with E-state index >= 15 is 0 Å². The van der Waals surface area contributed by atoms with Gasteiger partial charge in [0.2, 0.25) is 5.91 Å². The molecule has 1 N–H and O–H groups in total. The molecule has 0 aromatic heterocycles. The molecule has 1 fully saturated rings. The minimum Gasteiger partial charge on any atom is -0.351 e. The SMILES string of the molecule is CC(C)(CCCl)NC(=O)C1CCC1. The first-order valence-electron chi connectivity index (χ1n) is 4.93. The summed E-state index contributed by atoms with van der Waals surface area (Å²) < 4.78 is 0. The predicted molar refractivity (Wildman–Crippen MR) is 54.9 cm³/mol. The molecule has 0 spiro atoms. The van der Waals surface area contributed by atoms with Crippen LogP contribution in [0.2, 0.25) is 0 Å². The topological polar surface area (TPSA) is 29.1 Å². The largest absolute Gasteiger partial charge is 0.351 e. The van der Waals surface area contributed by atoms with Gasteiger partial charge in [-0.3, -0.25) is 4.79 Å². The quantitative estimate of drug-likeness (QED) is 0.699. The first kappa shape index (κ1) is 10.8. The normalized spacial score (nSPS) is 18.1. The van der Waals surface area contributed by atoms with Crippen molar-refractivity contribution in [2.45, 2.75) is 45.1 Å². The number of nitrogens with one attached hydrogen (secondary N) is 1. The van der Waals surface area contributed by atoms with E-state index in [-0.39, 0.29) is 17.4 Å². The van der Waals surface area contributed by atoms with Gasteiger partial charge in [0.1, 0.15) is 0 Å². The standard InChI is InChI=1S/C10H18ClNO/c1-10(2,6-7-11)12-9(13)8-4-3-5-8/h8H,3-7H2,1-2H3,(H,12,13). The molecule has 0 saturated heterocycles. The van der Waals surface area contributed by atoms with Crippen molar-refractivity contribution in [3.8, 4) is 0 Å². The Morgan fingerprint density at radius 1 is 1.54 bits per heavy atom. The maximum absolute atomic E-state index is 11.6. The highest BCUT2D eigenvalue weighted by molar-refractivity contribution is 6.17. The molecule has 1 aliphatic carbocycles. The lowest BCUT2D eigenvalue weighted by molar-refractivity contribution is -0.129. The second kappa shape index (κ2) is 4.32. The van der Waals surface area contributed by atoms with Crippen molar-refractivity contribution in [1.29, 1.82) is 0 Å². The number of carbonyl (C=O) groups excluding carboxylic acids is 1. The molecule has 1 saturated carbocycles. The summed E-state index contributed by atoms with van der Waals surface area (Å²) in [5.74, 6) is 1.08. The van der Waals surface area contributed by atoms with Crippen LogP contribution in [0, 0.1) is 5.92 Å². The van der Waals surface area contributed by atoms with Crippen LogP contribution in [0.15, 0.2) is 0 Å². The van der Waals surface area contributed by atoms with Gasteiger partial charge in [-0.15, -0.1) is 11.6 Å². The number of alkyl halides is 1. The summed E-state index contributed by atoms with van der Waals surface area (Å²) in [5, 5.41) is 3.04. The minimum atomic E-state index is -0.144. The second-order valence-corrected chi connectivity index (χ2v) is 4.82. The van der Waals surface area contributed by atoms with Crippen LogP contribution in [0.3, 0.4) is 0 Å². The van der Waals surface area contributed by atoms with Gasteiger partial charge in [-0.25, -0.2) is 0 Å². The number of carbonyl (C=O) groups is 1. The zero-order chi connectivity index (χ0) is 9.90. The van der Waals surface area contributed by atoms with Crippen molar-refractivity contribution in [3.05, 3.63) is 0 Å². The van der Waals surface area contributed by atoms with E-state index in [9.17, 15) is 4.79 Å². The molecule has 0 bridgehead atoms. The van der Waals surface area contributed by atoms with Crippen LogP contribution in [0.4, 0.5) is 0 Å². The van der Waals surface area contributed by atoms with E-state index in [0.717, 1.165) is 19.3 Å². The zero-order valence-electron chi connectivity index (χ0n) is 8.40. The average Bonchev–Trinajstić information content (AvgIpc) is 1.79. The van der Waals surface area contributed by atoms with Crippen molar-refractivity contribution in [1.82, 2.24) is 5.32 Å². The third kappa shape index (κ3) is 3.18. The van der Waals surface area contributed by atoms with Crippen molar-refractivity contribution >= 4 is 17.5 Å². The van der Waals surface area contributed by atoms with E-state index < -0.39 is 0 Å². The lowest BCUT2D eigenvalue weighted by Crippen LogP contribution is -2.47. The zero-order valence-corrected chi connectivity index (χ0v) is 9.16. The first-order valence-corrected chi connectivity index (χ1v) is 5.46. The van der Waals surface area contributed by atoms with E-state index in [4.69, 9.17) is 11.6 Å². The highest BCUT2D eigenvalue weighted by atomic mass is 35.5. The maximum atomic E-state index is 11.6. The highest BCUT2D eigenvalue weighted by Gasteiger charge is 2.29. The third-order valence-corrected chi connectivity index (χ3v) is 2.85. The van der Waals surface area contributed by atoms with Crippen LogP contribution in [0.5, 0.6) is 0 Å². The van der Waals surface area contributed by atoms with E-state index in [0.29, 0.717) is 5.88 Å². The summed E-state index contributed by atoms with van der Waals surface area (Å²) in [6.45, 7) is 4.04. The molecule has 0 aromatic carbocycles. The Morgan fingerprint density at radius 3 is 2.54 bits per heavy atom. The first-order chi connectivity index (χ1) is 6.05. The van der Waals surface area contributed by atoms with Crippen LogP contribution in [0.1, 0.15) is 39.5 Å². The Hall–Kier alpha value is -0.240. The van der Waals surface area contributed by atoms with Crippen LogP contribution in [0.25, 0.3) is 0 Å². The van der Waals surface area contributed by atoms with Gasteiger partial charge in [0, 0.05) is 17.3 Å². The fraction of sp³-hybridized carbons (Fsp3) is 0.900. The summed E-state index contributed by atoms with van der Waals surface area (Å²) in [6.07, 6.45) is 4.15. The molecule has 0 radical (unpaired) electrons. The molecule has 0 aromatic rings. The number of hydrogen-bond acceptors (Lipinski definition) is 1. The summed E-state index contributed by atoms with van der Waals surface area (Å²) in [6, 6.07) is 0. The van der Waals surface area contributed by atoms with Gasteiger partial charge >= 0.3 is 0 Å². The van der Waals surface area contributed by atoms with Crippen LogP contribution < -0.4 is 5.32 Å². The lowest BCUT2D eigenvalue weighted by atomic mass is 9.84. The summed E-state index contributed by atoms with van der Waals surface area (Å²) in [7, 11) is 0.